The molecule has 1 aromatic carbocycles. The number of rotatable bonds is 3. The summed E-state index contributed by atoms with van der Waals surface area (Å²) < 4.78 is 5.20. The highest BCUT2D eigenvalue weighted by atomic mass is 16.5. The average molecular weight is 221 g/mol. The van der Waals surface area contributed by atoms with Crippen molar-refractivity contribution in [3.63, 3.8) is 0 Å². The Bertz CT molecular complexity index is 429. The molecule has 0 saturated carbocycles. The van der Waals surface area contributed by atoms with Crippen molar-refractivity contribution in [2.75, 3.05) is 7.11 Å². The summed E-state index contributed by atoms with van der Waals surface area (Å²) in [4.78, 5) is 10.9. The molecule has 3 N–H and O–H groups in total. The summed E-state index contributed by atoms with van der Waals surface area (Å²) in [6.45, 7) is 0. The molecule has 4 heteroatoms. The third-order valence-electron chi connectivity index (χ3n) is 3.05. The van der Waals surface area contributed by atoms with Crippen LogP contribution in [0.2, 0.25) is 0 Å². The zero-order valence-electron chi connectivity index (χ0n) is 9.19. The number of nitrogens with two attached hydrogens (primary N) is 1. The molecular formula is C12H15NO3. The number of fused-ring (bicyclic) bond motifs is 1. The first kappa shape index (κ1) is 11.0. The van der Waals surface area contributed by atoms with E-state index in [0.717, 1.165) is 19.3 Å². The Morgan fingerprint density at radius 2 is 2.06 bits per heavy atom. The molecular weight excluding hydrogens is 206 g/mol. The van der Waals surface area contributed by atoms with Gasteiger partial charge in [-0.25, -0.2) is 0 Å². The Kier molecular flexibility index (Phi) is 2.83. The first-order valence-electron chi connectivity index (χ1n) is 5.31. The predicted octanol–water partition coefficient (Wildman–Crippen LogP) is 1.27. The molecule has 0 amide bonds. The normalized spacial score (nSPS) is 15.6. The van der Waals surface area contributed by atoms with Gasteiger partial charge in [0.15, 0.2) is 0 Å². The summed E-state index contributed by atoms with van der Waals surface area (Å²) >= 11 is 0. The summed E-state index contributed by atoms with van der Waals surface area (Å²) in [5.74, 6) is -0.452. The number of aryl methyl sites for hydroxylation is 2. The van der Waals surface area contributed by atoms with E-state index in [9.17, 15) is 4.79 Å². The first-order valence-corrected chi connectivity index (χ1v) is 5.31. The highest BCUT2D eigenvalue weighted by Crippen LogP contribution is 2.32. The van der Waals surface area contributed by atoms with Crippen molar-refractivity contribution in [3.05, 3.63) is 28.8 Å². The second-order valence-electron chi connectivity index (χ2n) is 4.03. The van der Waals surface area contributed by atoms with Crippen LogP contribution in [0.25, 0.3) is 0 Å². The Labute approximate surface area is 94.0 Å². The van der Waals surface area contributed by atoms with E-state index in [1.54, 1.807) is 0 Å². The SMILES string of the molecule is COc1cc2c(cc1[C@H](N)C(=O)O)CCC2. The van der Waals surface area contributed by atoms with Gasteiger partial charge in [0, 0.05) is 5.56 Å². The number of aliphatic carboxylic acids is 1. The van der Waals surface area contributed by atoms with Gasteiger partial charge in [-0.1, -0.05) is 0 Å². The van der Waals surface area contributed by atoms with Crippen molar-refractivity contribution >= 4 is 5.97 Å². The average Bonchev–Trinajstić information content (AvgIpc) is 2.72. The van der Waals surface area contributed by atoms with Gasteiger partial charge in [-0.05, 0) is 42.5 Å². The summed E-state index contributed by atoms with van der Waals surface area (Å²) in [6.07, 6.45) is 3.15. The molecule has 2 rings (SSSR count). The molecule has 0 fully saturated rings. The van der Waals surface area contributed by atoms with Crippen molar-refractivity contribution in [2.24, 2.45) is 5.73 Å². The number of carboxylic acids is 1. The van der Waals surface area contributed by atoms with Crippen LogP contribution in [-0.2, 0) is 17.6 Å². The summed E-state index contributed by atoms with van der Waals surface area (Å²) in [7, 11) is 1.54. The third-order valence-corrected chi connectivity index (χ3v) is 3.05. The van der Waals surface area contributed by atoms with Crippen molar-refractivity contribution in [2.45, 2.75) is 25.3 Å². The minimum absolute atomic E-state index is 0.565. The minimum Gasteiger partial charge on any atom is -0.496 e. The van der Waals surface area contributed by atoms with E-state index >= 15 is 0 Å². The Balaban J connectivity index is 2.47. The van der Waals surface area contributed by atoms with Gasteiger partial charge in [0.25, 0.3) is 0 Å². The monoisotopic (exact) mass is 221 g/mol. The van der Waals surface area contributed by atoms with Gasteiger partial charge in [-0.3, -0.25) is 4.79 Å². The standard InChI is InChI=1S/C12H15NO3/c1-16-10-6-8-4-2-3-7(8)5-9(10)11(13)12(14)15/h5-6,11H,2-4,13H2,1H3,(H,14,15)/t11-/m0/s1. The van der Waals surface area contributed by atoms with Gasteiger partial charge in [0.1, 0.15) is 11.8 Å². The van der Waals surface area contributed by atoms with Crippen LogP contribution in [0.4, 0.5) is 0 Å². The van der Waals surface area contributed by atoms with Gasteiger partial charge >= 0.3 is 5.97 Å². The van der Waals surface area contributed by atoms with E-state index in [2.05, 4.69) is 0 Å². The number of ether oxygens (including phenoxy) is 1. The van der Waals surface area contributed by atoms with E-state index in [-0.39, 0.29) is 0 Å². The molecule has 1 aromatic rings. The molecule has 0 heterocycles. The van der Waals surface area contributed by atoms with Gasteiger partial charge < -0.3 is 15.6 Å². The first-order chi connectivity index (χ1) is 7.63. The van der Waals surface area contributed by atoms with E-state index < -0.39 is 12.0 Å². The highest BCUT2D eigenvalue weighted by molar-refractivity contribution is 5.76. The van der Waals surface area contributed by atoms with Crippen LogP contribution in [0.3, 0.4) is 0 Å². The third kappa shape index (κ3) is 1.76. The lowest BCUT2D eigenvalue weighted by Crippen LogP contribution is -2.21. The maximum absolute atomic E-state index is 10.9. The second kappa shape index (κ2) is 4.14. The number of carboxylic acid groups (broad SMARTS) is 1. The number of benzene rings is 1. The van der Waals surface area contributed by atoms with Gasteiger partial charge in [-0.2, -0.15) is 0 Å². The maximum Gasteiger partial charge on any atom is 0.325 e. The molecule has 0 radical (unpaired) electrons. The zero-order valence-corrected chi connectivity index (χ0v) is 9.19. The second-order valence-corrected chi connectivity index (χ2v) is 4.03. The smallest absolute Gasteiger partial charge is 0.325 e. The molecule has 0 aliphatic heterocycles. The van der Waals surface area contributed by atoms with E-state index in [4.69, 9.17) is 15.6 Å². The Morgan fingerprint density at radius 3 is 2.62 bits per heavy atom. The molecule has 1 atom stereocenters. The summed E-state index contributed by atoms with van der Waals surface area (Å²) in [5.41, 5.74) is 8.64. The molecule has 86 valence electrons. The number of carbonyl (C=O) groups is 1. The van der Waals surface area contributed by atoms with E-state index in [0.29, 0.717) is 11.3 Å². The van der Waals surface area contributed by atoms with Crippen LogP contribution in [0.15, 0.2) is 12.1 Å². The summed E-state index contributed by atoms with van der Waals surface area (Å²) in [6, 6.07) is 2.78. The van der Waals surface area contributed by atoms with Crippen LogP contribution in [0.1, 0.15) is 29.2 Å². The quantitative estimate of drug-likeness (QED) is 0.806. The molecule has 1 aliphatic rings. The van der Waals surface area contributed by atoms with Gasteiger partial charge in [0.05, 0.1) is 7.11 Å². The minimum atomic E-state index is -1.03. The number of hydrogen-bond acceptors (Lipinski definition) is 3. The molecule has 1 aliphatic carbocycles. The lowest BCUT2D eigenvalue weighted by Gasteiger charge is -2.14. The van der Waals surface area contributed by atoms with Crippen molar-refractivity contribution in [1.29, 1.82) is 0 Å². The largest absolute Gasteiger partial charge is 0.496 e. The Morgan fingerprint density at radius 1 is 1.44 bits per heavy atom. The fraction of sp³-hybridized carbons (Fsp3) is 0.417. The molecule has 0 bridgehead atoms. The van der Waals surface area contributed by atoms with Crippen LogP contribution in [-0.4, -0.2) is 18.2 Å². The number of methoxy groups -OCH3 is 1. The lowest BCUT2D eigenvalue weighted by molar-refractivity contribution is -0.138. The fourth-order valence-corrected chi connectivity index (χ4v) is 2.17. The van der Waals surface area contributed by atoms with Crippen molar-refractivity contribution in [1.82, 2.24) is 0 Å². The summed E-state index contributed by atoms with van der Waals surface area (Å²) in [5, 5.41) is 8.92. The van der Waals surface area contributed by atoms with Crippen LogP contribution >= 0.6 is 0 Å². The lowest BCUT2D eigenvalue weighted by atomic mass is 10.0. The van der Waals surface area contributed by atoms with Crippen molar-refractivity contribution in [3.8, 4) is 5.75 Å². The van der Waals surface area contributed by atoms with Gasteiger partial charge in [0.2, 0.25) is 0 Å². The van der Waals surface area contributed by atoms with E-state index in [1.165, 1.54) is 18.2 Å². The topological polar surface area (TPSA) is 72.5 Å². The van der Waals surface area contributed by atoms with Crippen LogP contribution < -0.4 is 10.5 Å². The zero-order chi connectivity index (χ0) is 11.7. The van der Waals surface area contributed by atoms with Crippen LogP contribution in [0, 0.1) is 0 Å². The molecule has 0 aromatic heterocycles. The molecule has 4 nitrogen and oxygen atoms in total. The van der Waals surface area contributed by atoms with Crippen LogP contribution in [0.5, 0.6) is 5.75 Å². The van der Waals surface area contributed by atoms with E-state index in [1.807, 2.05) is 12.1 Å². The number of hydrogen-bond donors (Lipinski definition) is 2. The highest BCUT2D eigenvalue weighted by Gasteiger charge is 2.22. The fourth-order valence-electron chi connectivity index (χ4n) is 2.17. The maximum atomic E-state index is 10.9. The molecule has 0 spiro atoms. The Hall–Kier alpha value is -1.55. The molecule has 16 heavy (non-hydrogen) atoms. The predicted molar refractivity (Wildman–Crippen MR) is 59.6 cm³/mol. The van der Waals surface area contributed by atoms with Crippen molar-refractivity contribution < 1.29 is 14.6 Å². The van der Waals surface area contributed by atoms with Gasteiger partial charge in [-0.15, -0.1) is 0 Å². The molecule has 0 saturated heterocycles. The molecule has 0 unspecified atom stereocenters.